The fourth-order valence-corrected chi connectivity index (χ4v) is 3.23. The first kappa shape index (κ1) is 21.2. The van der Waals surface area contributed by atoms with Gasteiger partial charge in [-0.2, -0.15) is 0 Å². The predicted octanol–water partition coefficient (Wildman–Crippen LogP) is 2.81. The number of hydrogen-bond donors (Lipinski definition) is 2. The number of rotatable bonds is 6. The van der Waals surface area contributed by atoms with Crippen molar-refractivity contribution in [2.75, 3.05) is 49.9 Å². The maximum absolute atomic E-state index is 13.6. The molecule has 0 bridgehead atoms. The van der Waals surface area contributed by atoms with Crippen molar-refractivity contribution >= 4 is 34.8 Å². The smallest absolute Gasteiger partial charge is 0.238 e. The van der Waals surface area contributed by atoms with Crippen LogP contribution in [0.1, 0.15) is 0 Å². The molecular formula is C20H21ClF2N4O2. The summed E-state index contributed by atoms with van der Waals surface area (Å²) in [5.41, 5.74) is 0.522. The highest BCUT2D eigenvalue weighted by atomic mass is 35.5. The Morgan fingerprint density at radius 2 is 1.41 bits per heavy atom. The molecule has 2 amide bonds. The van der Waals surface area contributed by atoms with Crippen LogP contribution in [0.2, 0.25) is 5.02 Å². The summed E-state index contributed by atoms with van der Waals surface area (Å²) >= 11 is 6.04. The molecule has 9 heteroatoms. The second kappa shape index (κ2) is 9.78. The minimum absolute atomic E-state index is 0.0497. The van der Waals surface area contributed by atoms with Crippen LogP contribution in [0, 0.1) is 11.6 Å². The summed E-state index contributed by atoms with van der Waals surface area (Å²) in [6.45, 7) is 2.75. The second-order valence-electron chi connectivity index (χ2n) is 6.75. The molecule has 1 fully saturated rings. The van der Waals surface area contributed by atoms with E-state index in [2.05, 4.69) is 10.6 Å². The number of nitrogens with one attached hydrogen (secondary N) is 2. The lowest BCUT2D eigenvalue weighted by atomic mass is 10.2. The zero-order valence-corrected chi connectivity index (χ0v) is 16.4. The zero-order chi connectivity index (χ0) is 20.8. The number of hydrogen-bond acceptors (Lipinski definition) is 4. The molecule has 29 heavy (non-hydrogen) atoms. The molecule has 1 heterocycles. The molecule has 0 saturated carbocycles. The summed E-state index contributed by atoms with van der Waals surface area (Å²) in [4.78, 5) is 28.2. The molecule has 0 spiro atoms. The van der Waals surface area contributed by atoms with Crippen molar-refractivity contribution < 1.29 is 18.4 Å². The number of amides is 2. The van der Waals surface area contributed by atoms with Crippen LogP contribution in [0.3, 0.4) is 0 Å². The molecule has 154 valence electrons. The molecule has 1 aliphatic rings. The van der Waals surface area contributed by atoms with Crippen molar-refractivity contribution in [1.29, 1.82) is 0 Å². The number of carbonyl (C=O) groups is 2. The van der Waals surface area contributed by atoms with E-state index in [4.69, 9.17) is 11.6 Å². The lowest BCUT2D eigenvalue weighted by molar-refractivity contribution is -0.120. The van der Waals surface area contributed by atoms with Crippen molar-refractivity contribution in [2.24, 2.45) is 0 Å². The number of nitrogens with zero attached hydrogens (tertiary/aromatic N) is 2. The Balaban J connectivity index is 1.41. The lowest BCUT2D eigenvalue weighted by Gasteiger charge is -2.33. The molecule has 0 aromatic heterocycles. The first-order valence-corrected chi connectivity index (χ1v) is 9.52. The number of benzene rings is 2. The molecular weight excluding hydrogens is 402 g/mol. The Morgan fingerprint density at radius 1 is 0.862 bits per heavy atom. The van der Waals surface area contributed by atoms with Crippen LogP contribution in [-0.4, -0.2) is 60.9 Å². The Labute approximate surface area is 172 Å². The van der Waals surface area contributed by atoms with Gasteiger partial charge in [-0.3, -0.25) is 19.4 Å². The van der Waals surface area contributed by atoms with E-state index < -0.39 is 11.6 Å². The van der Waals surface area contributed by atoms with Crippen molar-refractivity contribution in [2.45, 2.75) is 0 Å². The van der Waals surface area contributed by atoms with Gasteiger partial charge in [0.05, 0.1) is 29.5 Å². The fraction of sp³-hybridized carbons (Fsp3) is 0.300. The van der Waals surface area contributed by atoms with Crippen LogP contribution in [-0.2, 0) is 9.59 Å². The molecule has 2 aromatic rings. The largest absolute Gasteiger partial charge is 0.324 e. The highest BCUT2D eigenvalue weighted by Gasteiger charge is 2.21. The Kier molecular flexibility index (Phi) is 7.13. The highest BCUT2D eigenvalue weighted by Crippen LogP contribution is 2.20. The molecule has 1 saturated heterocycles. The molecule has 0 aliphatic carbocycles. The van der Waals surface area contributed by atoms with Crippen LogP contribution >= 0.6 is 11.6 Å². The molecule has 3 rings (SSSR count). The van der Waals surface area contributed by atoms with Gasteiger partial charge in [-0.25, -0.2) is 8.78 Å². The third-order valence-corrected chi connectivity index (χ3v) is 4.88. The van der Waals surface area contributed by atoms with E-state index in [0.717, 1.165) is 12.1 Å². The SMILES string of the molecule is O=C(CN1CCN(CC(=O)Nc2ccccc2Cl)CC1)Nc1ccc(F)cc1F. The van der Waals surface area contributed by atoms with Crippen molar-refractivity contribution in [3.05, 3.63) is 59.1 Å². The van der Waals surface area contributed by atoms with E-state index in [0.29, 0.717) is 36.9 Å². The normalized spacial score (nSPS) is 15.1. The zero-order valence-electron chi connectivity index (χ0n) is 15.6. The molecule has 6 nitrogen and oxygen atoms in total. The lowest BCUT2D eigenvalue weighted by Crippen LogP contribution is -2.50. The summed E-state index contributed by atoms with van der Waals surface area (Å²) in [6, 6.07) is 10.0. The molecule has 2 aromatic carbocycles. The van der Waals surface area contributed by atoms with Gasteiger partial charge in [-0.15, -0.1) is 0 Å². The van der Waals surface area contributed by atoms with E-state index in [9.17, 15) is 18.4 Å². The number of para-hydroxylation sites is 1. The van der Waals surface area contributed by atoms with Crippen molar-refractivity contribution in [3.63, 3.8) is 0 Å². The summed E-state index contributed by atoms with van der Waals surface area (Å²) in [5.74, 6) is -2.04. The minimum Gasteiger partial charge on any atom is -0.324 e. The van der Waals surface area contributed by atoms with Gasteiger partial charge in [0.1, 0.15) is 11.6 Å². The number of anilines is 2. The summed E-state index contributed by atoms with van der Waals surface area (Å²) in [6.07, 6.45) is 0. The van der Waals surface area contributed by atoms with Crippen LogP contribution in [0.4, 0.5) is 20.2 Å². The first-order chi connectivity index (χ1) is 13.9. The van der Waals surface area contributed by atoms with Gasteiger partial charge in [0, 0.05) is 32.2 Å². The quantitative estimate of drug-likeness (QED) is 0.751. The first-order valence-electron chi connectivity index (χ1n) is 9.15. The molecule has 0 atom stereocenters. The van der Waals surface area contributed by atoms with Crippen LogP contribution in [0.15, 0.2) is 42.5 Å². The second-order valence-corrected chi connectivity index (χ2v) is 7.16. The van der Waals surface area contributed by atoms with E-state index in [-0.39, 0.29) is 30.6 Å². The van der Waals surface area contributed by atoms with Gasteiger partial charge in [-0.1, -0.05) is 23.7 Å². The Hall–Kier alpha value is -2.55. The monoisotopic (exact) mass is 422 g/mol. The van der Waals surface area contributed by atoms with Crippen LogP contribution in [0.5, 0.6) is 0 Å². The van der Waals surface area contributed by atoms with E-state index in [1.54, 1.807) is 24.3 Å². The van der Waals surface area contributed by atoms with Gasteiger partial charge < -0.3 is 10.6 Å². The molecule has 1 aliphatic heterocycles. The summed E-state index contributed by atoms with van der Waals surface area (Å²) < 4.78 is 26.5. The third-order valence-electron chi connectivity index (χ3n) is 4.55. The maximum atomic E-state index is 13.6. The Bertz CT molecular complexity index is 889. The molecule has 2 N–H and O–H groups in total. The highest BCUT2D eigenvalue weighted by molar-refractivity contribution is 6.33. The molecule has 0 radical (unpaired) electrons. The van der Waals surface area contributed by atoms with E-state index >= 15 is 0 Å². The minimum atomic E-state index is -0.812. The van der Waals surface area contributed by atoms with Gasteiger partial charge in [-0.05, 0) is 24.3 Å². The van der Waals surface area contributed by atoms with Gasteiger partial charge in [0.2, 0.25) is 11.8 Å². The Morgan fingerprint density at radius 3 is 1.97 bits per heavy atom. The van der Waals surface area contributed by atoms with E-state index in [1.807, 2.05) is 9.80 Å². The third kappa shape index (κ3) is 6.22. The predicted molar refractivity (Wildman–Crippen MR) is 108 cm³/mol. The number of carbonyl (C=O) groups excluding carboxylic acids is 2. The number of halogens is 3. The molecule has 0 unspecified atom stereocenters. The maximum Gasteiger partial charge on any atom is 0.238 e. The van der Waals surface area contributed by atoms with Gasteiger partial charge in [0.15, 0.2) is 0 Å². The average molecular weight is 423 g/mol. The van der Waals surface area contributed by atoms with Gasteiger partial charge >= 0.3 is 0 Å². The fourth-order valence-electron chi connectivity index (χ4n) is 3.04. The van der Waals surface area contributed by atoms with E-state index in [1.165, 1.54) is 6.07 Å². The summed E-state index contributed by atoms with van der Waals surface area (Å²) in [7, 11) is 0. The topological polar surface area (TPSA) is 64.7 Å². The average Bonchev–Trinajstić information content (AvgIpc) is 2.67. The van der Waals surface area contributed by atoms with Gasteiger partial charge in [0.25, 0.3) is 0 Å². The van der Waals surface area contributed by atoms with Crippen molar-refractivity contribution in [1.82, 2.24) is 9.80 Å². The van der Waals surface area contributed by atoms with Crippen LogP contribution in [0.25, 0.3) is 0 Å². The standard InChI is InChI=1S/C20H21ClF2N4O2/c21-15-3-1-2-4-17(15)24-19(28)12-26-7-9-27(10-8-26)13-20(29)25-18-6-5-14(22)11-16(18)23/h1-6,11H,7-10,12-13H2,(H,24,28)(H,25,29). The van der Waals surface area contributed by atoms with Crippen LogP contribution < -0.4 is 10.6 Å². The summed E-state index contributed by atoms with van der Waals surface area (Å²) in [5, 5.41) is 5.71. The van der Waals surface area contributed by atoms with Crippen molar-refractivity contribution in [3.8, 4) is 0 Å². The number of piperazine rings is 1.